The number of allylic oxidation sites excluding steroid dienone is 2. The maximum Gasteiger partial charge on any atom is 0.279 e. The molecule has 0 amide bonds. The molecule has 1 N–H and O–H groups in total. The van der Waals surface area contributed by atoms with Crippen molar-refractivity contribution in [3.05, 3.63) is 95.7 Å². The highest BCUT2D eigenvalue weighted by Crippen LogP contribution is 2.40. The molecule has 6 heteroatoms. The summed E-state index contributed by atoms with van der Waals surface area (Å²) in [5, 5.41) is 14.0. The van der Waals surface area contributed by atoms with Crippen molar-refractivity contribution >= 4 is 11.5 Å². The minimum atomic E-state index is -0.179. The van der Waals surface area contributed by atoms with Crippen LogP contribution in [0.15, 0.2) is 84.4 Å². The number of carbonyl (C=O) groups is 1. The average molecular weight is 467 g/mol. The molecule has 2 heterocycles. The van der Waals surface area contributed by atoms with Gasteiger partial charge < -0.3 is 14.6 Å². The van der Waals surface area contributed by atoms with E-state index >= 15 is 0 Å². The van der Waals surface area contributed by atoms with Crippen LogP contribution in [-0.2, 0) is 6.42 Å². The Morgan fingerprint density at radius 3 is 2.26 bits per heavy atom. The summed E-state index contributed by atoms with van der Waals surface area (Å²) < 4.78 is 12.6. The summed E-state index contributed by atoms with van der Waals surface area (Å²) in [6.45, 7) is 2.00. The highest BCUT2D eigenvalue weighted by molar-refractivity contribution is 6.23. The molecule has 6 nitrogen and oxygen atoms in total. The van der Waals surface area contributed by atoms with Gasteiger partial charge >= 0.3 is 0 Å². The Hall–Kier alpha value is -4.16. The third-order valence-corrected chi connectivity index (χ3v) is 6.16. The normalized spacial score (nSPS) is 13.1. The number of methoxy groups -OCH3 is 1. The van der Waals surface area contributed by atoms with Crippen LogP contribution in [0.1, 0.15) is 23.0 Å². The molecule has 1 aliphatic rings. The second-order valence-corrected chi connectivity index (χ2v) is 8.39. The van der Waals surface area contributed by atoms with E-state index in [4.69, 9.17) is 14.6 Å². The molecule has 0 atom stereocenters. The smallest absolute Gasteiger partial charge is 0.279 e. The fraction of sp³-hybridized carbons (Fsp3) is 0.172. The number of hydrogen-bond donors (Lipinski definition) is 1. The van der Waals surface area contributed by atoms with Gasteiger partial charge in [-0.1, -0.05) is 72.3 Å². The topological polar surface area (TPSA) is 73.6 Å². The first-order chi connectivity index (χ1) is 17.1. The largest absolute Gasteiger partial charge is 0.493 e. The number of fused-ring (bicyclic) bond motifs is 1. The molecule has 3 aromatic carbocycles. The van der Waals surface area contributed by atoms with Crippen LogP contribution >= 0.6 is 0 Å². The van der Waals surface area contributed by atoms with Gasteiger partial charge in [0.05, 0.1) is 19.4 Å². The zero-order chi connectivity index (χ0) is 24.4. The molecular formula is C29H26N2O4. The Balaban J connectivity index is 1.64. The van der Waals surface area contributed by atoms with Gasteiger partial charge in [0.15, 0.2) is 11.5 Å². The third-order valence-electron chi connectivity index (χ3n) is 6.16. The Bertz CT molecular complexity index is 1410. The molecule has 0 saturated heterocycles. The minimum Gasteiger partial charge on any atom is -0.493 e. The van der Waals surface area contributed by atoms with E-state index in [1.54, 1.807) is 23.9 Å². The lowest BCUT2D eigenvalue weighted by molar-refractivity contribution is 0.0958. The number of aliphatic hydroxyl groups excluding tert-OH is 1. The average Bonchev–Trinajstić information content (AvgIpc) is 3.28. The van der Waals surface area contributed by atoms with E-state index in [2.05, 4.69) is 12.1 Å². The van der Waals surface area contributed by atoms with Gasteiger partial charge in [0.1, 0.15) is 12.3 Å². The van der Waals surface area contributed by atoms with Gasteiger partial charge in [-0.25, -0.2) is 0 Å². The van der Waals surface area contributed by atoms with Crippen LogP contribution in [0, 0.1) is 0 Å². The first-order valence-corrected chi connectivity index (χ1v) is 11.5. The van der Waals surface area contributed by atoms with Gasteiger partial charge in [-0.05, 0) is 30.2 Å². The van der Waals surface area contributed by atoms with Crippen LogP contribution in [-0.4, -0.2) is 41.1 Å². The van der Waals surface area contributed by atoms with Gasteiger partial charge in [0, 0.05) is 23.1 Å². The standard InChI is InChI=1S/C29H26N2O4/c1-19-17-23-27(20-9-5-3-6-10-20)28(21-11-7-4-8-12-21)30-31(23)29(33)26(19)22-13-14-24(34-2)25(18-22)35-16-15-32/h3-14,18,32H,15-17H2,1-2H3. The molecular weight excluding hydrogens is 440 g/mol. The Kier molecular flexibility index (Phi) is 6.21. The van der Waals surface area contributed by atoms with Crippen LogP contribution in [0.2, 0.25) is 0 Å². The molecule has 0 unspecified atom stereocenters. The number of nitrogens with zero attached hydrogens (tertiary/aromatic N) is 2. The number of carbonyl (C=O) groups excluding carboxylic acids is 1. The third kappa shape index (κ3) is 4.13. The highest BCUT2D eigenvalue weighted by atomic mass is 16.5. The van der Waals surface area contributed by atoms with E-state index in [1.165, 1.54) is 0 Å². The molecule has 1 aromatic heterocycles. The first-order valence-electron chi connectivity index (χ1n) is 11.5. The molecule has 0 fully saturated rings. The summed E-state index contributed by atoms with van der Waals surface area (Å²) in [6, 6.07) is 25.5. The van der Waals surface area contributed by atoms with E-state index in [1.807, 2.05) is 61.5 Å². The van der Waals surface area contributed by atoms with Crippen molar-refractivity contribution in [1.82, 2.24) is 9.78 Å². The fourth-order valence-electron chi connectivity index (χ4n) is 4.59. The number of hydrogen-bond acceptors (Lipinski definition) is 5. The van der Waals surface area contributed by atoms with Crippen LogP contribution in [0.4, 0.5) is 0 Å². The van der Waals surface area contributed by atoms with Crippen LogP contribution in [0.25, 0.3) is 28.0 Å². The van der Waals surface area contributed by atoms with E-state index in [0.29, 0.717) is 23.5 Å². The maximum atomic E-state index is 13.9. The van der Waals surface area contributed by atoms with Gasteiger partial charge in [0.25, 0.3) is 5.91 Å². The summed E-state index contributed by atoms with van der Waals surface area (Å²) in [5.74, 6) is 0.843. The van der Waals surface area contributed by atoms with E-state index < -0.39 is 0 Å². The van der Waals surface area contributed by atoms with Crippen molar-refractivity contribution in [2.24, 2.45) is 0 Å². The molecule has 0 spiro atoms. The van der Waals surface area contributed by atoms with Crippen molar-refractivity contribution in [2.75, 3.05) is 20.3 Å². The fourth-order valence-corrected chi connectivity index (χ4v) is 4.59. The van der Waals surface area contributed by atoms with Crippen molar-refractivity contribution < 1.29 is 19.4 Å². The molecule has 1 aliphatic heterocycles. The van der Waals surface area contributed by atoms with Crippen molar-refractivity contribution in [1.29, 1.82) is 0 Å². The van der Waals surface area contributed by atoms with Gasteiger partial charge in [0.2, 0.25) is 0 Å². The van der Waals surface area contributed by atoms with Gasteiger partial charge in [-0.3, -0.25) is 4.79 Å². The maximum absolute atomic E-state index is 13.9. The van der Waals surface area contributed by atoms with Gasteiger partial charge in [-0.15, -0.1) is 0 Å². The van der Waals surface area contributed by atoms with E-state index in [0.717, 1.165) is 39.2 Å². The molecule has 0 bridgehead atoms. The number of aromatic nitrogens is 2. The SMILES string of the molecule is COc1ccc(C2=C(C)Cc3c(-c4ccccc4)c(-c4ccccc4)nn3C2=O)cc1OCCO. The highest BCUT2D eigenvalue weighted by Gasteiger charge is 2.31. The van der Waals surface area contributed by atoms with E-state index in [9.17, 15) is 9.90 Å². The molecule has 0 aliphatic carbocycles. The van der Waals surface area contributed by atoms with Crippen molar-refractivity contribution in [3.8, 4) is 33.9 Å². The summed E-state index contributed by atoms with van der Waals surface area (Å²) in [6.07, 6.45) is 0.587. The minimum absolute atomic E-state index is 0.116. The quantitative estimate of drug-likeness (QED) is 0.402. The lowest BCUT2D eigenvalue weighted by Gasteiger charge is -2.21. The zero-order valence-electron chi connectivity index (χ0n) is 19.7. The monoisotopic (exact) mass is 466 g/mol. The lowest BCUT2D eigenvalue weighted by Crippen LogP contribution is -2.23. The predicted octanol–water partition coefficient (Wildman–Crippen LogP) is 5.27. The summed E-state index contributed by atoms with van der Waals surface area (Å²) in [7, 11) is 1.56. The zero-order valence-corrected chi connectivity index (χ0v) is 19.7. The molecule has 0 saturated carbocycles. The Morgan fingerprint density at radius 1 is 0.914 bits per heavy atom. The van der Waals surface area contributed by atoms with Crippen LogP contribution in [0.3, 0.4) is 0 Å². The number of ether oxygens (including phenoxy) is 2. The van der Waals surface area contributed by atoms with Crippen LogP contribution in [0.5, 0.6) is 11.5 Å². The summed E-state index contributed by atoms with van der Waals surface area (Å²) in [4.78, 5) is 13.9. The molecule has 176 valence electrons. The summed E-state index contributed by atoms with van der Waals surface area (Å²) >= 11 is 0. The second kappa shape index (κ2) is 9.60. The van der Waals surface area contributed by atoms with Gasteiger partial charge in [-0.2, -0.15) is 9.78 Å². The molecule has 0 radical (unpaired) electrons. The summed E-state index contributed by atoms with van der Waals surface area (Å²) in [5.41, 5.74) is 6.91. The molecule has 5 rings (SSSR count). The number of benzene rings is 3. The number of rotatable bonds is 7. The predicted molar refractivity (Wildman–Crippen MR) is 136 cm³/mol. The number of aliphatic hydroxyl groups is 1. The Labute approximate surface area is 204 Å². The Morgan fingerprint density at radius 2 is 1.60 bits per heavy atom. The second-order valence-electron chi connectivity index (χ2n) is 8.39. The van der Waals surface area contributed by atoms with Crippen molar-refractivity contribution in [3.63, 3.8) is 0 Å². The molecule has 35 heavy (non-hydrogen) atoms. The van der Waals surface area contributed by atoms with E-state index in [-0.39, 0.29) is 19.1 Å². The molecule has 4 aromatic rings. The van der Waals surface area contributed by atoms with Crippen molar-refractivity contribution in [2.45, 2.75) is 13.3 Å². The lowest BCUT2D eigenvalue weighted by atomic mass is 9.90. The first kappa shape index (κ1) is 22.6. The van der Waals surface area contributed by atoms with Crippen LogP contribution < -0.4 is 9.47 Å².